The van der Waals surface area contributed by atoms with Crippen LogP contribution >= 0.6 is 15.9 Å². The Kier molecular flexibility index (Phi) is 3.44. The van der Waals surface area contributed by atoms with Gasteiger partial charge in [0.1, 0.15) is 10.4 Å². The predicted octanol–water partition coefficient (Wildman–Crippen LogP) is 3.01. The van der Waals surface area contributed by atoms with Crippen LogP contribution in [0.25, 0.3) is 0 Å². The molecule has 2 heterocycles. The zero-order valence-electron chi connectivity index (χ0n) is 11.0. The van der Waals surface area contributed by atoms with E-state index in [9.17, 15) is 4.79 Å². The molecule has 1 amide bonds. The van der Waals surface area contributed by atoms with Gasteiger partial charge in [0.15, 0.2) is 0 Å². The Balaban J connectivity index is 1.80. The highest BCUT2D eigenvalue weighted by atomic mass is 79.9. The molecule has 102 valence electrons. The molecule has 1 aromatic heterocycles. The smallest absolute Gasteiger partial charge is 0.257 e. The molecule has 0 spiro atoms. The number of halogens is 1. The van der Waals surface area contributed by atoms with Crippen molar-refractivity contribution in [1.29, 1.82) is 0 Å². The van der Waals surface area contributed by atoms with Crippen molar-refractivity contribution in [3.63, 3.8) is 0 Å². The monoisotopic (exact) mass is 332 g/mol. The molecule has 20 heavy (non-hydrogen) atoms. The molecule has 0 bridgehead atoms. The summed E-state index contributed by atoms with van der Waals surface area (Å²) in [6.45, 7) is 1.21. The van der Waals surface area contributed by atoms with E-state index in [1.807, 2.05) is 35.2 Å². The largest absolute Gasteiger partial charge is 0.497 e. The average molecular weight is 333 g/mol. The van der Waals surface area contributed by atoms with E-state index in [0.29, 0.717) is 23.3 Å². The number of pyridine rings is 1. The fraction of sp³-hybridized carbons (Fsp3) is 0.200. The van der Waals surface area contributed by atoms with E-state index >= 15 is 0 Å². The summed E-state index contributed by atoms with van der Waals surface area (Å²) >= 11 is 3.34. The molecule has 0 N–H and O–H groups in total. The third kappa shape index (κ3) is 2.29. The predicted molar refractivity (Wildman–Crippen MR) is 78.5 cm³/mol. The molecule has 1 aromatic carbocycles. The molecule has 0 saturated heterocycles. The molecule has 1 aliphatic heterocycles. The van der Waals surface area contributed by atoms with Crippen LogP contribution in [0.2, 0.25) is 0 Å². The first-order valence-electron chi connectivity index (χ1n) is 6.24. The van der Waals surface area contributed by atoms with Gasteiger partial charge in [0, 0.05) is 19.3 Å². The Hall–Kier alpha value is -1.88. The standard InChI is InChI=1S/C15H13BrN2O2/c1-20-12-4-2-10(3-5-12)8-18-9-11-6-7-17-14(16)13(11)15(18)19/h2-7H,8-9H2,1H3. The minimum Gasteiger partial charge on any atom is -0.497 e. The number of hydrogen-bond donors (Lipinski definition) is 0. The van der Waals surface area contributed by atoms with Crippen LogP contribution in [0.5, 0.6) is 5.75 Å². The molecular weight excluding hydrogens is 320 g/mol. The quantitative estimate of drug-likeness (QED) is 0.811. The topological polar surface area (TPSA) is 42.4 Å². The number of hydrogen-bond acceptors (Lipinski definition) is 3. The molecule has 4 nitrogen and oxygen atoms in total. The molecule has 1 aliphatic rings. The van der Waals surface area contributed by atoms with Gasteiger partial charge in [-0.1, -0.05) is 12.1 Å². The van der Waals surface area contributed by atoms with E-state index in [-0.39, 0.29) is 5.91 Å². The van der Waals surface area contributed by atoms with Crippen LogP contribution in [0.1, 0.15) is 21.5 Å². The van der Waals surface area contributed by atoms with Crippen LogP contribution in [-0.4, -0.2) is 22.9 Å². The number of amides is 1. The van der Waals surface area contributed by atoms with Crippen molar-refractivity contribution >= 4 is 21.8 Å². The fourth-order valence-electron chi connectivity index (χ4n) is 2.34. The van der Waals surface area contributed by atoms with Gasteiger partial charge in [-0.3, -0.25) is 4.79 Å². The lowest BCUT2D eigenvalue weighted by atomic mass is 10.2. The summed E-state index contributed by atoms with van der Waals surface area (Å²) in [6.07, 6.45) is 1.72. The molecule has 0 fully saturated rings. The van der Waals surface area contributed by atoms with Gasteiger partial charge in [-0.15, -0.1) is 0 Å². The Morgan fingerprint density at radius 2 is 2.05 bits per heavy atom. The Labute approximate surface area is 125 Å². The normalized spacial score (nSPS) is 13.5. The lowest BCUT2D eigenvalue weighted by Gasteiger charge is -2.15. The molecule has 3 rings (SSSR count). The number of benzene rings is 1. The average Bonchev–Trinajstić information content (AvgIpc) is 2.78. The van der Waals surface area contributed by atoms with Crippen LogP contribution in [0, 0.1) is 0 Å². The van der Waals surface area contributed by atoms with Crippen molar-refractivity contribution < 1.29 is 9.53 Å². The lowest BCUT2D eigenvalue weighted by molar-refractivity contribution is 0.0766. The van der Waals surface area contributed by atoms with E-state index in [4.69, 9.17) is 4.74 Å². The number of methoxy groups -OCH3 is 1. The summed E-state index contributed by atoms with van der Waals surface area (Å²) in [4.78, 5) is 18.3. The maximum absolute atomic E-state index is 12.4. The third-order valence-electron chi connectivity index (χ3n) is 3.39. The number of carbonyl (C=O) groups is 1. The second-order valence-corrected chi connectivity index (χ2v) is 5.40. The highest BCUT2D eigenvalue weighted by molar-refractivity contribution is 9.10. The van der Waals surface area contributed by atoms with Gasteiger partial charge >= 0.3 is 0 Å². The molecule has 5 heteroatoms. The van der Waals surface area contributed by atoms with Crippen LogP contribution in [0.4, 0.5) is 0 Å². The number of fused-ring (bicyclic) bond motifs is 1. The molecule has 0 radical (unpaired) electrons. The SMILES string of the molecule is COc1ccc(CN2Cc3ccnc(Br)c3C2=O)cc1. The van der Waals surface area contributed by atoms with Gasteiger partial charge in [0.05, 0.1) is 12.7 Å². The first kappa shape index (κ1) is 13.1. The number of rotatable bonds is 3. The van der Waals surface area contributed by atoms with Gasteiger partial charge < -0.3 is 9.64 Å². The van der Waals surface area contributed by atoms with Gasteiger partial charge in [0.25, 0.3) is 5.91 Å². The second kappa shape index (κ2) is 5.25. The number of nitrogens with zero attached hydrogens (tertiary/aromatic N) is 2. The van der Waals surface area contributed by atoms with Crippen LogP contribution in [0.15, 0.2) is 41.1 Å². The minimum absolute atomic E-state index is 0.0239. The van der Waals surface area contributed by atoms with Crippen LogP contribution in [-0.2, 0) is 13.1 Å². The summed E-state index contributed by atoms with van der Waals surface area (Å²) in [6, 6.07) is 9.65. The first-order chi connectivity index (χ1) is 9.69. The fourth-order valence-corrected chi connectivity index (χ4v) is 2.89. The van der Waals surface area contributed by atoms with Crippen LogP contribution < -0.4 is 4.74 Å². The minimum atomic E-state index is 0.0239. The maximum atomic E-state index is 12.4. The van der Waals surface area contributed by atoms with E-state index in [2.05, 4.69) is 20.9 Å². The van der Waals surface area contributed by atoms with Crippen molar-refractivity contribution in [1.82, 2.24) is 9.88 Å². The summed E-state index contributed by atoms with van der Waals surface area (Å²) in [5.74, 6) is 0.840. The van der Waals surface area contributed by atoms with Crippen molar-refractivity contribution in [3.8, 4) is 5.75 Å². The van der Waals surface area contributed by atoms with Gasteiger partial charge in [0.2, 0.25) is 0 Å². The number of carbonyl (C=O) groups excluding carboxylic acids is 1. The zero-order chi connectivity index (χ0) is 14.1. The summed E-state index contributed by atoms with van der Waals surface area (Å²) in [5.41, 5.74) is 2.78. The van der Waals surface area contributed by atoms with E-state index in [1.165, 1.54) is 0 Å². The highest BCUT2D eigenvalue weighted by Crippen LogP contribution is 2.29. The molecule has 0 aliphatic carbocycles. The highest BCUT2D eigenvalue weighted by Gasteiger charge is 2.29. The third-order valence-corrected chi connectivity index (χ3v) is 3.99. The Bertz CT molecular complexity index is 655. The number of aromatic nitrogens is 1. The molecule has 0 saturated carbocycles. The van der Waals surface area contributed by atoms with Gasteiger partial charge in [-0.2, -0.15) is 0 Å². The van der Waals surface area contributed by atoms with Crippen molar-refractivity contribution in [2.45, 2.75) is 13.1 Å². The van der Waals surface area contributed by atoms with Crippen molar-refractivity contribution in [2.75, 3.05) is 7.11 Å². The van der Waals surface area contributed by atoms with Gasteiger partial charge in [-0.25, -0.2) is 4.98 Å². The first-order valence-corrected chi connectivity index (χ1v) is 7.04. The number of ether oxygens (including phenoxy) is 1. The Morgan fingerprint density at radius 1 is 1.30 bits per heavy atom. The van der Waals surface area contributed by atoms with E-state index in [0.717, 1.165) is 16.9 Å². The lowest BCUT2D eigenvalue weighted by Crippen LogP contribution is -2.23. The van der Waals surface area contributed by atoms with Crippen molar-refractivity contribution in [3.05, 3.63) is 57.8 Å². The van der Waals surface area contributed by atoms with Crippen LogP contribution in [0.3, 0.4) is 0 Å². The second-order valence-electron chi connectivity index (χ2n) is 4.65. The summed E-state index contributed by atoms with van der Waals surface area (Å²) in [7, 11) is 1.64. The van der Waals surface area contributed by atoms with Gasteiger partial charge in [-0.05, 0) is 45.3 Å². The summed E-state index contributed by atoms with van der Waals surface area (Å²) in [5, 5.41) is 0. The molecule has 0 atom stereocenters. The van der Waals surface area contributed by atoms with E-state index in [1.54, 1.807) is 13.3 Å². The maximum Gasteiger partial charge on any atom is 0.257 e. The van der Waals surface area contributed by atoms with E-state index < -0.39 is 0 Å². The molecule has 2 aromatic rings. The Morgan fingerprint density at radius 3 is 2.70 bits per heavy atom. The van der Waals surface area contributed by atoms with Crippen molar-refractivity contribution in [2.24, 2.45) is 0 Å². The molecule has 0 unspecified atom stereocenters. The summed E-state index contributed by atoms with van der Waals surface area (Å²) < 4.78 is 5.75. The zero-order valence-corrected chi connectivity index (χ0v) is 12.6. The molecular formula is C15H13BrN2O2.